The number of thioether (sulfide) groups is 1. The quantitative estimate of drug-likeness (QED) is 0.336. The molecule has 0 aliphatic carbocycles. The normalized spacial score (nSPS) is 20.2. The number of benzene rings is 2. The number of para-hydroxylation sites is 1. The number of carbonyl (C=O) groups excluding carboxylic acids is 3. The van der Waals surface area contributed by atoms with Gasteiger partial charge < -0.3 is 5.32 Å². The molecule has 6 rings (SSSR count). The highest BCUT2D eigenvalue weighted by Gasteiger charge is 2.56. The third kappa shape index (κ3) is 4.30. The van der Waals surface area contributed by atoms with Crippen LogP contribution in [0.1, 0.15) is 16.4 Å². The van der Waals surface area contributed by atoms with Crippen LogP contribution in [0.2, 0.25) is 0 Å². The van der Waals surface area contributed by atoms with E-state index in [9.17, 15) is 19.2 Å². The summed E-state index contributed by atoms with van der Waals surface area (Å²) in [7, 11) is 0. The number of fused-ring (bicyclic) bond motifs is 2. The van der Waals surface area contributed by atoms with Gasteiger partial charge in [0.25, 0.3) is 0 Å². The molecule has 1 fully saturated rings. The van der Waals surface area contributed by atoms with Crippen molar-refractivity contribution in [3.8, 4) is 0 Å². The van der Waals surface area contributed by atoms with Gasteiger partial charge in [-0.15, -0.1) is 0 Å². The minimum Gasteiger partial charge on any atom is -0.325 e. The molecule has 38 heavy (non-hydrogen) atoms. The number of thiazole rings is 1. The van der Waals surface area contributed by atoms with Gasteiger partial charge in [-0.1, -0.05) is 63.3 Å². The molecule has 0 saturated carbocycles. The average molecular weight is 608 g/mol. The molecule has 8 nitrogen and oxygen atoms in total. The van der Waals surface area contributed by atoms with Crippen LogP contribution in [0.15, 0.2) is 93.4 Å². The fourth-order valence-corrected chi connectivity index (χ4v) is 7.92. The molecule has 2 unspecified atom stereocenters. The van der Waals surface area contributed by atoms with Gasteiger partial charge in [-0.25, -0.2) is 4.90 Å². The number of anilines is 2. The number of hydrogen-bond donors (Lipinski definition) is 1. The minimum absolute atomic E-state index is 0.206. The van der Waals surface area contributed by atoms with Crippen molar-refractivity contribution in [1.29, 1.82) is 0 Å². The van der Waals surface area contributed by atoms with Crippen molar-refractivity contribution < 1.29 is 14.4 Å². The molecule has 0 spiro atoms. The Labute approximate surface area is 233 Å². The molecule has 11 heteroatoms. The first-order chi connectivity index (χ1) is 18.4. The Kier molecular flexibility index (Phi) is 6.50. The molecule has 1 N–H and O–H groups in total. The van der Waals surface area contributed by atoms with Crippen LogP contribution >= 0.6 is 39.0 Å². The van der Waals surface area contributed by atoms with Crippen LogP contribution in [-0.2, 0) is 20.9 Å². The molecular weight excluding hydrogens is 588 g/mol. The van der Waals surface area contributed by atoms with Gasteiger partial charge in [-0.3, -0.25) is 28.7 Å². The van der Waals surface area contributed by atoms with E-state index in [4.69, 9.17) is 0 Å². The Hall–Kier alpha value is -3.54. The standard InChI is InChI=1S/C27H19BrN4O4S2/c28-16-8-10-18(11-9-16)32-24(34)21-20(15-5-4-12-29-13-15)23-26(37-22(21)25(32)35)31(27(36)38-23)14-19(33)30-17-6-2-1-3-7-17/h1-13,20-22H,14H2,(H,30,33)/t20-,21?,22?/m0/s1. The van der Waals surface area contributed by atoms with E-state index in [1.807, 2.05) is 24.3 Å². The molecule has 4 aromatic rings. The van der Waals surface area contributed by atoms with Crippen molar-refractivity contribution in [2.45, 2.75) is 22.7 Å². The van der Waals surface area contributed by atoms with Gasteiger partial charge in [0.15, 0.2) is 0 Å². The van der Waals surface area contributed by atoms with Crippen LogP contribution in [-0.4, -0.2) is 32.5 Å². The first kappa shape index (κ1) is 24.8. The maximum absolute atomic E-state index is 13.8. The Balaban J connectivity index is 1.41. The Morgan fingerprint density at radius 1 is 0.974 bits per heavy atom. The topological polar surface area (TPSA) is 101 Å². The third-order valence-electron chi connectivity index (χ3n) is 6.54. The van der Waals surface area contributed by atoms with Gasteiger partial charge in [0, 0.05) is 33.3 Å². The van der Waals surface area contributed by atoms with Crippen LogP contribution in [0.5, 0.6) is 0 Å². The predicted octanol–water partition coefficient (Wildman–Crippen LogP) is 4.50. The second-order valence-electron chi connectivity index (χ2n) is 8.85. The fraction of sp³-hybridized carbons (Fsp3) is 0.148. The summed E-state index contributed by atoms with van der Waals surface area (Å²) in [5, 5.41) is 2.60. The lowest BCUT2D eigenvalue weighted by atomic mass is 9.84. The predicted molar refractivity (Wildman–Crippen MR) is 150 cm³/mol. The monoisotopic (exact) mass is 606 g/mol. The maximum atomic E-state index is 13.8. The van der Waals surface area contributed by atoms with E-state index in [0.717, 1.165) is 21.4 Å². The first-order valence-electron chi connectivity index (χ1n) is 11.7. The van der Waals surface area contributed by atoms with E-state index in [1.165, 1.54) is 21.2 Å². The molecule has 0 bridgehead atoms. The molecular formula is C27H19BrN4O4S2. The summed E-state index contributed by atoms with van der Waals surface area (Å²) in [4.78, 5) is 59.4. The van der Waals surface area contributed by atoms with E-state index >= 15 is 0 Å². The van der Waals surface area contributed by atoms with Gasteiger partial charge in [0.05, 0.1) is 16.6 Å². The zero-order valence-corrected chi connectivity index (χ0v) is 22.8. The number of rotatable bonds is 5. The Morgan fingerprint density at radius 2 is 1.74 bits per heavy atom. The smallest absolute Gasteiger partial charge is 0.308 e. The molecule has 2 aromatic heterocycles. The maximum Gasteiger partial charge on any atom is 0.308 e. The zero-order valence-electron chi connectivity index (χ0n) is 19.6. The summed E-state index contributed by atoms with van der Waals surface area (Å²) in [5.41, 5.74) is 1.86. The summed E-state index contributed by atoms with van der Waals surface area (Å²) < 4.78 is 2.24. The lowest BCUT2D eigenvalue weighted by Crippen LogP contribution is -2.33. The number of aromatic nitrogens is 2. The van der Waals surface area contributed by atoms with Gasteiger partial charge in [0.1, 0.15) is 11.8 Å². The van der Waals surface area contributed by atoms with Crippen molar-refractivity contribution in [2.75, 3.05) is 10.2 Å². The van der Waals surface area contributed by atoms with Gasteiger partial charge in [-0.2, -0.15) is 0 Å². The van der Waals surface area contributed by atoms with Crippen LogP contribution in [0.25, 0.3) is 0 Å². The van der Waals surface area contributed by atoms with E-state index in [0.29, 0.717) is 21.3 Å². The molecule has 1 saturated heterocycles. The summed E-state index contributed by atoms with van der Waals surface area (Å²) in [6.45, 7) is -0.206. The van der Waals surface area contributed by atoms with E-state index in [1.54, 1.807) is 54.9 Å². The van der Waals surface area contributed by atoms with E-state index in [-0.39, 0.29) is 29.1 Å². The molecule has 2 aliphatic heterocycles. The molecule has 190 valence electrons. The van der Waals surface area contributed by atoms with Gasteiger partial charge in [-0.05, 0) is 48.0 Å². The van der Waals surface area contributed by atoms with Crippen LogP contribution in [0.3, 0.4) is 0 Å². The largest absolute Gasteiger partial charge is 0.325 e. The highest BCUT2D eigenvalue weighted by Crippen LogP contribution is 2.53. The minimum atomic E-state index is -0.749. The number of carbonyl (C=O) groups is 3. The Bertz CT molecular complexity index is 1610. The highest BCUT2D eigenvalue weighted by molar-refractivity contribution is 9.10. The van der Waals surface area contributed by atoms with E-state index < -0.39 is 17.1 Å². The molecule has 0 radical (unpaired) electrons. The van der Waals surface area contributed by atoms with Crippen molar-refractivity contribution >= 4 is 68.1 Å². The molecule has 4 heterocycles. The number of nitrogens with one attached hydrogen (secondary N) is 1. The van der Waals surface area contributed by atoms with Crippen molar-refractivity contribution in [1.82, 2.24) is 9.55 Å². The second kappa shape index (κ2) is 9.97. The zero-order chi connectivity index (χ0) is 26.4. The van der Waals surface area contributed by atoms with Crippen molar-refractivity contribution in [2.24, 2.45) is 5.92 Å². The number of imide groups is 1. The summed E-state index contributed by atoms with van der Waals surface area (Å²) >= 11 is 5.59. The summed E-state index contributed by atoms with van der Waals surface area (Å²) in [6.07, 6.45) is 3.30. The lowest BCUT2D eigenvalue weighted by Gasteiger charge is -2.30. The fourth-order valence-electron chi connectivity index (χ4n) is 4.88. The Morgan fingerprint density at radius 3 is 2.45 bits per heavy atom. The van der Waals surface area contributed by atoms with Crippen LogP contribution in [0, 0.1) is 5.92 Å². The molecule has 2 aliphatic rings. The molecule has 3 atom stereocenters. The van der Waals surface area contributed by atoms with E-state index in [2.05, 4.69) is 26.2 Å². The summed E-state index contributed by atoms with van der Waals surface area (Å²) in [5.74, 6) is -2.27. The first-order valence-corrected chi connectivity index (χ1v) is 14.2. The SMILES string of the molecule is O=C(Cn1c2c(sc1=O)[C@@H](c1cccnc1)C1C(=O)N(c3ccc(Br)cc3)C(=O)C1S2)Nc1ccccc1. The third-order valence-corrected chi connectivity index (χ3v) is 9.67. The van der Waals surface area contributed by atoms with Gasteiger partial charge in [0.2, 0.25) is 17.7 Å². The van der Waals surface area contributed by atoms with Crippen molar-refractivity contribution in [3.05, 3.63) is 104 Å². The number of hydrogen-bond acceptors (Lipinski definition) is 7. The van der Waals surface area contributed by atoms with Crippen molar-refractivity contribution in [3.63, 3.8) is 0 Å². The highest BCUT2D eigenvalue weighted by atomic mass is 79.9. The second-order valence-corrected chi connectivity index (χ2v) is 11.9. The molecule has 2 aromatic carbocycles. The number of amides is 3. The van der Waals surface area contributed by atoms with Crippen LogP contribution in [0.4, 0.5) is 11.4 Å². The lowest BCUT2D eigenvalue weighted by molar-refractivity contribution is -0.122. The van der Waals surface area contributed by atoms with Gasteiger partial charge >= 0.3 is 4.87 Å². The number of nitrogens with zero attached hydrogens (tertiary/aromatic N) is 3. The number of halogens is 1. The average Bonchev–Trinajstić information content (AvgIpc) is 3.36. The molecule has 3 amide bonds. The van der Waals surface area contributed by atoms with Crippen LogP contribution < -0.4 is 15.1 Å². The summed E-state index contributed by atoms with van der Waals surface area (Å²) in [6, 6.07) is 19.6. The number of pyridine rings is 1.